The summed E-state index contributed by atoms with van der Waals surface area (Å²) in [6.45, 7) is 1.71. The summed E-state index contributed by atoms with van der Waals surface area (Å²) in [5.41, 5.74) is 6.98. The average molecular weight is 292 g/mol. The molecule has 1 heterocycles. The fourth-order valence-corrected chi connectivity index (χ4v) is 2.87. The summed E-state index contributed by atoms with van der Waals surface area (Å²) in [5.74, 6) is -0.164. The molecule has 1 aliphatic rings. The Morgan fingerprint density at radius 1 is 1.67 bits per heavy atom. The zero-order valence-corrected chi connectivity index (χ0v) is 12.1. The van der Waals surface area contributed by atoms with Crippen molar-refractivity contribution in [2.75, 3.05) is 12.4 Å². The molecule has 2 atom stereocenters. The van der Waals surface area contributed by atoms with Crippen LogP contribution in [0.15, 0.2) is 0 Å². The van der Waals surface area contributed by atoms with E-state index in [-0.39, 0.29) is 24.4 Å². The maximum atomic E-state index is 11.6. The second-order valence-corrected chi connectivity index (χ2v) is 5.34. The lowest BCUT2D eigenvalue weighted by atomic mass is 9.99. The largest absolute Gasteiger partial charge is 0.372 e. The predicted molar refractivity (Wildman–Crippen MR) is 74.5 cm³/mol. The van der Waals surface area contributed by atoms with E-state index in [4.69, 9.17) is 10.5 Å². The van der Waals surface area contributed by atoms with Gasteiger partial charge in [-0.25, -0.2) is 4.98 Å². The van der Waals surface area contributed by atoms with E-state index in [9.17, 15) is 4.79 Å². The summed E-state index contributed by atoms with van der Waals surface area (Å²) in [4.78, 5) is 17.2. The van der Waals surface area contributed by atoms with Gasteiger partial charge in [0.25, 0.3) is 5.91 Å². The van der Waals surface area contributed by atoms with Gasteiger partial charge in [0.2, 0.25) is 0 Å². The van der Waals surface area contributed by atoms with Crippen LogP contribution in [0.1, 0.15) is 23.9 Å². The number of hydrogen-bond donors (Lipinski definition) is 2. The molecule has 0 aromatic carbocycles. The van der Waals surface area contributed by atoms with Crippen molar-refractivity contribution in [2.45, 2.75) is 38.3 Å². The lowest BCUT2D eigenvalue weighted by Crippen LogP contribution is -2.27. The van der Waals surface area contributed by atoms with E-state index < -0.39 is 6.10 Å². The van der Waals surface area contributed by atoms with Gasteiger partial charge in [0, 0.05) is 18.0 Å². The molecule has 102 valence electrons. The Morgan fingerprint density at radius 2 is 2.39 bits per heavy atom. The fraction of sp³-hybridized carbons (Fsp3) is 0.636. The molecule has 1 aromatic heterocycles. The van der Waals surface area contributed by atoms with Gasteiger partial charge in [0.15, 0.2) is 5.13 Å². The number of fused-ring (bicyclic) bond motifs is 1. The van der Waals surface area contributed by atoms with Gasteiger partial charge in [0.05, 0.1) is 5.69 Å². The highest BCUT2D eigenvalue weighted by Gasteiger charge is 2.21. The van der Waals surface area contributed by atoms with Crippen LogP contribution in [-0.4, -0.2) is 30.1 Å². The van der Waals surface area contributed by atoms with Crippen molar-refractivity contribution in [3.05, 3.63) is 10.6 Å². The molecule has 0 bridgehead atoms. The zero-order chi connectivity index (χ0) is 12.4. The minimum atomic E-state index is -0.460. The number of ether oxygens (including phenoxy) is 1. The normalized spacial score (nSPS) is 19.6. The number of anilines is 1. The predicted octanol–water partition coefficient (Wildman–Crippen LogP) is 1.35. The highest BCUT2D eigenvalue weighted by Crippen LogP contribution is 2.29. The molecule has 3 N–H and O–H groups in total. The van der Waals surface area contributed by atoms with Crippen molar-refractivity contribution >= 4 is 34.8 Å². The van der Waals surface area contributed by atoms with Gasteiger partial charge >= 0.3 is 0 Å². The SMILES string of the molecule is COC(C)C(=O)Nc1nc2c(s1)C[C@@H](N)CC2.Cl. The van der Waals surface area contributed by atoms with Gasteiger partial charge < -0.3 is 10.5 Å². The first-order chi connectivity index (χ1) is 8.10. The van der Waals surface area contributed by atoms with Crippen LogP contribution >= 0.6 is 23.7 Å². The number of nitrogens with zero attached hydrogens (tertiary/aromatic N) is 1. The summed E-state index contributed by atoms with van der Waals surface area (Å²) in [6.07, 6.45) is 2.28. The van der Waals surface area contributed by atoms with Crippen molar-refractivity contribution in [1.29, 1.82) is 0 Å². The molecule has 0 saturated carbocycles. The smallest absolute Gasteiger partial charge is 0.254 e. The number of aromatic nitrogens is 1. The van der Waals surface area contributed by atoms with Crippen molar-refractivity contribution in [1.82, 2.24) is 4.98 Å². The van der Waals surface area contributed by atoms with E-state index in [1.165, 1.54) is 23.3 Å². The number of amides is 1. The van der Waals surface area contributed by atoms with E-state index in [1.54, 1.807) is 6.92 Å². The summed E-state index contributed by atoms with van der Waals surface area (Å²) >= 11 is 1.52. The first-order valence-electron chi connectivity index (χ1n) is 5.68. The number of rotatable bonds is 3. The molecule has 0 saturated heterocycles. The van der Waals surface area contributed by atoms with Crippen molar-refractivity contribution in [3.8, 4) is 0 Å². The third-order valence-electron chi connectivity index (χ3n) is 2.93. The molecule has 1 unspecified atom stereocenters. The average Bonchev–Trinajstić information content (AvgIpc) is 2.69. The monoisotopic (exact) mass is 291 g/mol. The van der Waals surface area contributed by atoms with E-state index in [0.29, 0.717) is 5.13 Å². The minimum Gasteiger partial charge on any atom is -0.372 e. The van der Waals surface area contributed by atoms with Crippen LogP contribution in [0.5, 0.6) is 0 Å². The van der Waals surface area contributed by atoms with Gasteiger partial charge in [0.1, 0.15) is 6.10 Å². The number of carbonyl (C=O) groups is 1. The molecule has 18 heavy (non-hydrogen) atoms. The number of carbonyl (C=O) groups excluding carboxylic acids is 1. The number of methoxy groups -OCH3 is 1. The van der Waals surface area contributed by atoms with Crippen molar-refractivity contribution in [3.63, 3.8) is 0 Å². The van der Waals surface area contributed by atoms with E-state index in [0.717, 1.165) is 25.0 Å². The van der Waals surface area contributed by atoms with Gasteiger partial charge in [-0.2, -0.15) is 0 Å². The van der Waals surface area contributed by atoms with Crippen LogP contribution in [-0.2, 0) is 22.4 Å². The first-order valence-corrected chi connectivity index (χ1v) is 6.49. The minimum absolute atomic E-state index is 0. The summed E-state index contributed by atoms with van der Waals surface area (Å²) in [6, 6.07) is 0.226. The third-order valence-corrected chi connectivity index (χ3v) is 3.97. The molecule has 1 aromatic rings. The van der Waals surface area contributed by atoms with Crippen LogP contribution in [0, 0.1) is 0 Å². The summed E-state index contributed by atoms with van der Waals surface area (Å²) in [5, 5.41) is 3.42. The highest BCUT2D eigenvalue weighted by molar-refractivity contribution is 7.15. The molecule has 5 nitrogen and oxygen atoms in total. The first kappa shape index (κ1) is 15.4. The second kappa shape index (κ2) is 6.47. The number of thiazole rings is 1. The van der Waals surface area contributed by atoms with Crippen LogP contribution in [0.4, 0.5) is 5.13 Å². The van der Waals surface area contributed by atoms with Gasteiger partial charge in [-0.05, 0) is 26.2 Å². The molecule has 0 radical (unpaired) electrons. The highest BCUT2D eigenvalue weighted by atomic mass is 35.5. The standard InChI is InChI=1S/C11H17N3O2S.ClH/c1-6(16-2)10(15)14-11-13-8-4-3-7(12)5-9(8)17-11;/h6-7H,3-5,12H2,1-2H3,(H,13,14,15);1H/t6?,7-;/m0./s1. The zero-order valence-electron chi connectivity index (χ0n) is 10.4. The van der Waals surface area contributed by atoms with Gasteiger partial charge in [-0.15, -0.1) is 23.7 Å². The maximum absolute atomic E-state index is 11.6. The number of halogens is 1. The number of nitrogens with two attached hydrogens (primary N) is 1. The molecule has 7 heteroatoms. The topological polar surface area (TPSA) is 77.2 Å². The van der Waals surface area contributed by atoms with Crippen LogP contribution in [0.2, 0.25) is 0 Å². The second-order valence-electron chi connectivity index (χ2n) is 4.26. The number of aryl methyl sites for hydroxylation is 1. The summed E-state index contributed by atoms with van der Waals surface area (Å²) in [7, 11) is 1.51. The van der Waals surface area contributed by atoms with E-state index in [1.807, 2.05) is 0 Å². The molecule has 2 rings (SSSR count). The molecular weight excluding hydrogens is 274 g/mol. The van der Waals surface area contributed by atoms with Crippen LogP contribution in [0.3, 0.4) is 0 Å². The molecular formula is C11H18ClN3O2S. The fourth-order valence-electron chi connectivity index (χ4n) is 1.77. The molecule has 0 aliphatic heterocycles. The quantitative estimate of drug-likeness (QED) is 0.881. The summed E-state index contributed by atoms with van der Waals surface area (Å²) < 4.78 is 4.95. The third kappa shape index (κ3) is 3.41. The van der Waals surface area contributed by atoms with Crippen LogP contribution < -0.4 is 11.1 Å². The number of nitrogens with one attached hydrogen (secondary N) is 1. The number of hydrogen-bond acceptors (Lipinski definition) is 5. The molecule has 1 amide bonds. The molecule has 0 fully saturated rings. The van der Waals surface area contributed by atoms with Crippen molar-refractivity contribution < 1.29 is 9.53 Å². The Morgan fingerprint density at radius 3 is 3.06 bits per heavy atom. The molecule has 0 spiro atoms. The van der Waals surface area contributed by atoms with Crippen LogP contribution in [0.25, 0.3) is 0 Å². The Balaban J connectivity index is 0.00000162. The Hall–Kier alpha value is -0.690. The lowest BCUT2D eigenvalue weighted by Gasteiger charge is -2.15. The van der Waals surface area contributed by atoms with E-state index in [2.05, 4.69) is 10.3 Å². The Kier molecular flexibility index (Phi) is 5.52. The molecule has 1 aliphatic carbocycles. The van der Waals surface area contributed by atoms with Gasteiger partial charge in [-0.3, -0.25) is 10.1 Å². The van der Waals surface area contributed by atoms with Gasteiger partial charge in [-0.1, -0.05) is 0 Å². The Labute approximate surface area is 117 Å². The lowest BCUT2D eigenvalue weighted by molar-refractivity contribution is -0.124. The van der Waals surface area contributed by atoms with E-state index >= 15 is 0 Å². The Bertz CT molecular complexity index is 424. The van der Waals surface area contributed by atoms with Crippen molar-refractivity contribution in [2.24, 2.45) is 5.73 Å². The maximum Gasteiger partial charge on any atom is 0.254 e.